The van der Waals surface area contributed by atoms with Crippen molar-refractivity contribution in [3.63, 3.8) is 0 Å². The van der Waals surface area contributed by atoms with Gasteiger partial charge in [-0.3, -0.25) is 20.0 Å². The summed E-state index contributed by atoms with van der Waals surface area (Å²) in [5.41, 5.74) is 3.77. The van der Waals surface area contributed by atoms with Crippen molar-refractivity contribution in [1.82, 2.24) is 9.97 Å². The van der Waals surface area contributed by atoms with E-state index in [1.807, 2.05) is 0 Å². The molecule has 8 nitrogen and oxygen atoms in total. The van der Waals surface area contributed by atoms with Crippen molar-refractivity contribution < 1.29 is 9.53 Å². The number of nitrogens with zero attached hydrogens (tertiary/aromatic N) is 2. The smallest absolute Gasteiger partial charge is 0.302 e. The van der Waals surface area contributed by atoms with Gasteiger partial charge in [-0.25, -0.2) is 10.8 Å². The van der Waals surface area contributed by atoms with Crippen molar-refractivity contribution in [1.29, 1.82) is 0 Å². The van der Waals surface area contributed by atoms with Crippen LogP contribution in [0.5, 0.6) is 0 Å². The molecule has 0 amide bonds. The van der Waals surface area contributed by atoms with E-state index in [1.54, 1.807) is 0 Å². The number of nitrogens with one attached hydrogen (secondary N) is 2. The number of carbonyl (C=O) groups is 1. The normalized spacial score (nSPS) is 41.1. The van der Waals surface area contributed by atoms with E-state index in [1.165, 1.54) is 44.4 Å². The van der Waals surface area contributed by atoms with Gasteiger partial charge in [0.25, 0.3) is 5.56 Å². The van der Waals surface area contributed by atoms with Crippen LogP contribution >= 0.6 is 0 Å². The Hall–Kier alpha value is -2.22. The van der Waals surface area contributed by atoms with E-state index >= 15 is 0 Å². The lowest BCUT2D eigenvalue weighted by Gasteiger charge is -2.60. The molecule has 0 bridgehead atoms. The standard InChI is InChI=1S/C25H37N5O3/c1-14(31)33-16-8-10-24(2)15(12-16)4-5-17-18-6-7-20(25(18,3)11-9-19(17)24)27-21-13-22(32)29-23(28-21)30-26/h13,15-19H,4-12,26H2,1-3H3,(H2,28,29,30,32)/b27-20+/t15-,16-,17-,18-,19-,24-,25-/m0/s1. The molecule has 0 unspecified atom stereocenters. The number of carbonyl (C=O) groups excluding carboxylic acids is 1. The summed E-state index contributed by atoms with van der Waals surface area (Å²) in [6.45, 7) is 6.44. The first-order valence-electron chi connectivity index (χ1n) is 12.6. The molecule has 0 aliphatic heterocycles. The van der Waals surface area contributed by atoms with Gasteiger partial charge in [-0.05, 0) is 86.9 Å². The molecule has 4 fully saturated rings. The molecule has 1 heterocycles. The second-order valence-corrected chi connectivity index (χ2v) is 11.3. The highest BCUT2D eigenvalue weighted by molar-refractivity contribution is 5.94. The molecule has 33 heavy (non-hydrogen) atoms. The van der Waals surface area contributed by atoms with Crippen LogP contribution in [0.3, 0.4) is 0 Å². The second-order valence-electron chi connectivity index (χ2n) is 11.3. The van der Waals surface area contributed by atoms with E-state index in [2.05, 4.69) is 29.2 Å². The lowest BCUT2D eigenvalue weighted by Crippen LogP contribution is -2.54. The number of aromatic nitrogens is 2. The number of aliphatic imine (C=N–C) groups is 1. The van der Waals surface area contributed by atoms with Crippen LogP contribution in [0.25, 0.3) is 0 Å². The monoisotopic (exact) mass is 455 g/mol. The number of hydrogen-bond donors (Lipinski definition) is 3. The molecule has 5 rings (SSSR count). The van der Waals surface area contributed by atoms with E-state index in [0.29, 0.717) is 23.1 Å². The van der Waals surface area contributed by atoms with Gasteiger partial charge in [0.2, 0.25) is 5.95 Å². The Balaban J connectivity index is 1.37. The predicted octanol–water partition coefficient (Wildman–Crippen LogP) is 4.10. The third kappa shape index (κ3) is 3.80. The van der Waals surface area contributed by atoms with Crippen LogP contribution < -0.4 is 16.8 Å². The van der Waals surface area contributed by atoms with Crippen molar-refractivity contribution >= 4 is 23.4 Å². The molecule has 0 aromatic carbocycles. The van der Waals surface area contributed by atoms with Crippen LogP contribution in [0.4, 0.5) is 11.8 Å². The number of nitrogens with two attached hydrogens (primary N) is 1. The number of aromatic amines is 1. The zero-order chi connectivity index (χ0) is 23.4. The van der Waals surface area contributed by atoms with Crippen LogP contribution in [0.2, 0.25) is 0 Å². The Morgan fingerprint density at radius 3 is 2.79 bits per heavy atom. The number of nitrogen functional groups attached to an aromatic ring is 1. The zero-order valence-corrected chi connectivity index (χ0v) is 20.0. The van der Waals surface area contributed by atoms with Gasteiger partial charge >= 0.3 is 5.97 Å². The molecule has 180 valence electrons. The molecule has 4 aliphatic carbocycles. The van der Waals surface area contributed by atoms with Gasteiger partial charge in [0, 0.05) is 24.1 Å². The van der Waals surface area contributed by atoms with Crippen LogP contribution in [-0.2, 0) is 9.53 Å². The molecule has 4 aliphatic rings. The average molecular weight is 456 g/mol. The topological polar surface area (TPSA) is 122 Å². The molecule has 1 aromatic rings. The summed E-state index contributed by atoms with van der Waals surface area (Å²) in [5.74, 6) is 8.71. The molecule has 7 atom stereocenters. The Labute approximate surface area is 195 Å². The highest BCUT2D eigenvalue weighted by Crippen LogP contribution is 2.65. The molecule has 4 saturated carbocycles. The van der Waals surface area contributed by atoms with E-state index in [9.17, 15) is 9.59 Å². The number of H-pyrrole nitrogens is 1. The maximum Gasteiger partial charge on any atom is 0.302 e. The first kappa shape index (κ1) is 22.6. The van der Waals surface area contributed by atoms with Crippen molar-refractivity contribution in [2.45, 2.75) is 84.7 Å². The first-order valence-corrected chi connectivity index (χ1v) is 12.6. The van der Waals surface area contributed by atoms with Crippen molar-refractivity contribution in [3.05, 3.63) is 16.4 Å². The van der Waals surface area contributed by atoms with Crippen molar-refractivity contribution in [2.75, 3.05) is 5.43 Å². The fraction of sp³-hybridized carbons (Fsp3) is 0.760. The average Bonchev–Trinajstić information content (AvgIpc) is 3.09. The number of ether oxygens (including phenoxy) is 1. The second kappa shape index (κ2) is 8.22. The summed E-state index contributed by atoms with van der Waals surface area (Å²) in [7, 11) is 0. The SMILES string of the molecule is CC(=O)O[C@H]1CC[C@@]2(C)[C@@H](CC[C@@H]3[C@@H]2CC[C@]2(C)/C(=N/c4cc(=O)[nH]c(NN)n4)CC[C@@H]32)C1. The van der Waals surface area contributed by atoms with Crippen molar-refractivity contribution in [2.24, 2.45) is 45.3 Å². The van der Waals surface area contributed by atoms with E-state index in [4.69, 9.17) is 15.6 Å². The van der Waals surface area contributed by atoms with Gasteiger partial charge in [0.15, 0.2) is 5.82 Å². The van der Waals surface area contributed by atoms with Crippen molar-refractivity contribution in [3.8, 4) is 0 Å². The molecule has 4 N–H and O–H groups in total. The van der Waals surface area contributed by atoms with Gasteiger partial charge in [-0.15, -0.1) is 0 Å². The third-order valence-electron chi connectivity index (χ3n) is 9.81. The minimum absolute atomic E-state index is 0.0693. The zero-order valence-electron chi connectivity index (χ0n) is 20.0. The minimum Gasteiger partial charge on any atom is -0.463 e. The summed E-state index contributed by atoms with van der Waals surface area (Å²) in [4.78, 5) is 35.3. The van der Waals surface area contributed by atoms with Crippen LogP contribution in [0.15, 0.2) is 15.9 Å². The summed E-state index contributed by atoms with van der Waals surface area (Å²) in [6.07, 6.45) is 10.3. The fourth-order valence-corrected chi connectivity index (χ4v) is 8.24. The van der Waals surface area contributed by atoms with Gasteiger partial charge in [-0.2, -0.15) is 4.98 Å². The van der Waals surface area contributed by atoms with Crippen LogP contribution in [-0.4, -0.2) is 27.8 Å². The minimum atomic E-state index is -0.253. The number of hydrogen-bond acceptors (Lipinski definition) is 7. The van der Waals surface area contributed by atoms with E-state index < -0.39 is 0 Å². The summed E-state index contributed by atoms with van der Waals surface area (Å²) in [6, 6.07) is 1.45. The Bertz CT molecular complexity index is 1020. The lowest BCUT2D eigenvalue weighted by molar-refractivity contribution is -0.158. The van der Waals surface area contributed by atoms with E-state index in [-0.39, 0.29) is 29.0 Å². The van der Waals surface area contributed by atoms with Gasteiger partial charge in [0.05, 0.1) is 0 Å². The summed E-state index contributed by atoms with van der Waals surface area (Å²) in [5, 5.41) is 0. The van der Waals surface area contributed by atoms with Crippen LogP contribution in [0.1, 0.15) is 78.6 Å². The molecular formula is C25H37N5O3. The predicted molar refractivity (Wildman–Crippen MR) is 127 cm³/mol. The summed E-state index contributed by atoms with van der Waals surface area (Å²) < 4.78 is 5.60. The molecule has 0 radical (unpaired) electrons. The molecule has 0 saturated heterocycles. The fourth-order valence-electron chi connectivity index (χ4n) is 8.24. The highest BCUT2D eigenvalue weighted by Gasteiger charge is 2.59. The van der Waals surface area contributed by atoms with Gasteiger partial charge in [0.1, 0.15) is 6.10 Å². The van der Waals surface area contributed by atoms with Crippen LogP contribution in [0, 0.1) is 34.5 Å². The molecular weight excluding hydrogens is 418 g/mol. The number of rotatable bonds is 3. The van der Waals surface area contributed by atoms with Gasteiger partial charge < -0.3 is 4.74 Å². The number of hydrazine groups is 1. The third-order valence-corrected chi connectivity index (χ3v) is 9.81. The quantitative estimate of drug-likeness (QED) is 0.358. The molecule has 0 spiro atoms. The number of fused-ring (bicyclic) bond motifs is 5. The Morgan fingerprint density at radius 1 is 1.21 bits per heavy atom. The number of esters is 1. The summed E-state index contributed by atoms with van der Waals surface area (Å²) >= 11 is 0. The van der Waals surface area contributed by atoms with E-state index in [0.717, 1.165) is 43.9 Å². The molecule has 8 heteroatoms. The lowest BCUT2D eigenvalue weighted by atomic mass is 9.45. The highest BCUT2D eigenvalue weighted by atomic mass is 16.5. The maximum absolute atomic E-state index is 12.0. The first-order chi connectivity index (χ1) is 15.7. The largest absolute Gasteiger partial charge is 0.463 e. The Morgan fingerprint density at radius 2 is 2.03 bits per heavy atom. The maximum atomic E-state index is 12.0. The molecule has 1 aromatic heterocycles. The van der Waals surface area contributed by atoms with Gasteiger partial charge in [-0.1, -0.05) is 13.8 Å². The number of anilines is 1. The Kier molecular flexibility index (Phi) is 5.62.